The first-order valence-electron chi connectivity index (χ1n) is 7.12. The molecule has 0 fully saturated rings. The van der Waals surface area contributed by atoms with Gasteiger partial charge in [-0.05, 0) is 17.5 Å². The number of nitrogens with zero attached hydrogens (tertiary/aromatic N) is 2. The van der Waals surface area contributed by atoms with E-state index in [1.165, 1.54) is 43.6 Å². The van der Waals surface area contributed by atoms with E-state index in [9.17, 15) is 23.1 Å². The van der Waals surface area contributed by atoms with Crippen LogP contribution in [-0.2, 0) is 12.6 Å². The third-order valence-electron chi connectivity index (χ3n) is 3.74. The normalized spacial score (nSPS) is 14.5. The van der Waals surface area contributed by atoms with Gasteiger partial charge in [0.1, 0.15) is 0 Å². The van der Waals surface area contributed by atoms with E-state index in [0.717, 1.165) is 4.68 Å². The molecule has 4 nitrogen and oxygen atoms in total. The standard InChI is InChI=1S/C16H17F3N2O2/c1-3-8-15(23,16(17,18)19)13-6-4-11(5-7-13)12-9-14(22)21(2)20-10-12/h4-7,9-10,23H,3,8H2,1-2H3. The molecule has 0 saturated heterocycles. The Morgan fingerprint density at radius 1 is 1.17 bits per heavy atom. The van der Waals surface area contributed by atoms with Gasteiger partial charge >= 0.3 is 6.18 Å². The van der Waals surface area contributed by atoms with Crippen molar-refractivity contribution in [1.82, 2.24) is 9.78 Å². The van der Waals surface area contributed by atoms with E-state index in [4.69, 9.17) is 0 Å². The summed E-state index contributed by atoms with van der Waals surface area (Å²) in [5, 5.41) is 13.9. The monoisotopic (exact) mass is 326 g/mol. The summed E-state index contributed by atoms with van der Waals surface area (Å²) in [4.78, 5) is 11.6. The highest BCUT2D eigenvalue weighted by molar-refractivity contribution is 5.62. The molecule has 1 atom stereocenters. The lowest BCUT2D eigenvalue weighted by atomic mass is 9.87. The molecule has 0 spiro atoms. The van der Waals surface area contributed by atoms with E-state index in [1.807, 2.05) is 0 Å². The molecule has 0 aliphatic rings. The lowest BCUT2D eigenvalue weighted by Gasteiger charge is -2.30. The topological polar surface area (TPSA) is 55.1 Å². The third kappa shape index (κ3) is 3.29. The zero-order valence-corrected chi connectivity index (χ0v) is 12.8. The molecule has 0 amide bonds. The number of alkyl halides is 3. The van der Waals surface area contributed by atoms with Crippen LogP contribution in [0.4, 0.5) is 13.2 Å². The van der Waals surface area contributed by atoms with Crippen LogP contribution in [0.25, 0.3) is 11.1 Å². The predicted molar refractivity (Wildman–Crippen MR) is 79.8 cm³/mol. The van der Waals surface area contributed by atoms with Crippen LogP contribution in [-0.4, -0.2) is 21.1 Å². The van der Waals surface area contributed by atoms with Crippen LogP contribution in [0.3, 0.4) is 0 Å². The van der Waals surface area contributed by atoms with Crippen LogP contribution in [0.15, 0.2) is 41.3 Å². The van der Waals surface area contributed by atoms with Crippen LogP contribution in [0.1, 0.15) is 25.3 Å². The minimum absolute atomic E-state index is 0.191. The number of halogens is 3. The van der Waals surface area contributed by atoms with Crippen LogP contribution in [0, 0.1) is 0 Å². The Balaban J connectivity index is 2.41. The Morgan fingerprint density at radius 2 is 1.78 bits per heavy atom. The Morgan fingerprint density at radius 3 is 2.26 bits per heavy atom. The third-order valence-corrected chi connectivity index (χ3v) is 3.74. The molecular formula is C16H17F3N2O2. The largest absolute Gasteiger partial charge is 0.421 e. The van der Waals surface area contributed by atoms with Gasteiger partial charge in [-0.25, -0.2) is 4.68 Å². The molecule has 2 rings (SSSR count). The second-order valence-corrected chi connectivity index (χ2v) is 5.39. The van der Waals surface area contributed by atoms with E-state index in [0.29, 0.717) is 11.1 Å². The highest BCUT2D eigenvalue weighted by atomic mass is 19.4. The van der Waals surface area contributed by atoms with E-state index in [2.05, 4.69) is 5.10 Å². The molecule has 7 heteroatoms. The van der Waals surface area contributed by atoms with Gasteiger partial charge in [-0.1, -0.05) is 37.6 Å². The first-order chi connectivity index (χ1) is 10.7. The van der Waals surface area contributed by atoms with Gasteiger partial charge in [-0.3, -0.25) is 4.79 Å². The van der Waals surface area contributed by atoms with Crippen LogP contribution < -0.4 is 5.56 Å². The van der Waals surface area contributed by atoms with Gasteiger partial charge in [0.2, 0.25) is 0 Å². The molecule has 0 aliphatic heterocycles. The Kier molecular flexibility index (Phi) is 4.61. The lowest BCUT2D eigenvalue weighted by Crippen LogP contribution is -2.42. The average molecular weight is 326 g/mol. The second-order valence-electron chi connectivity index (χ2n) is 5.39. The molecule has 0 saturated carbocycles. The molecule has 2 aromatic rings. The maximum absolute atomic E-state index is 13.2. The summed E-state index contributed by atoms with van der Waals surface area (Å²) in [6.45, 7) is 1.58. The van der Waals surface area contributed by atoms with Crippen molar-refractivity contribution < 1.29 is 18.3 Å². The zero-order chi connectivity index (χ0) is 17.3. The Bertz CT molecular complexity index is 738. The first-order valence-corrected chi connectivity index (χ1v) is 7.12. The van der Waals surface area contributed by atoms with Crippen molar-refractivity contribution in [2.24, 2.45) is 7.05 Å². The fourth-order valence-electron chi connectivity index (χ4n) is 2.38. The lowest BCUT2D eigenvalue weighted by molar-refractivity contribution is -0.269. The van der Waals surface area contributed by atoms with Gasteiger partial charge in [0.05, 0.1) is 6.20 Å². The van der Waals surface area contributed by atoms with Crippen molar-refractivity contribution >= 4 is 0 Å². The van der Waals surface area contributed by atoms with Crippen molar-refractivity contribution in [3.8, 4) is 11.1 Å². The molecule has 1 aromatic heterocycles. The molecule has 1 aromatic carbocycles. The Labute approximate surface area is 131 Å². The van der Waals surface area contributed by atoms with Gasteiger partial charge < -0.3 is 5.11 Å². The number of rotatable bonds is 4. The number of aliphatic hydroxyl groups is 1. The summed E-state index contributed by atoms with van der Waals surface area (Å²) >= 11 is 0. The molecule has 1 N–H and O–H groups in total. The second kappa shape index (κ2) is 6.16. The van der Waals surface area contributed by atoms with Gasteiger partial charge in [-0.15, -0.1) is 0 Å². The van der Waals surface area contributed by atoms with E-state index >= 15 is 0 Å². The zero-order valence-electron chi connectivity index (χ0n) is 12.8. The maximum Gasteiger partial charge on any atom is 0.421 e. The van der Waals surface area contributed by atoms with Gasteiger partial charge in [0, 0.05) is 18.7 Å². The molecule has 0 aliphatic carbocycles. The minimum atomic E-state index is -4.76. The molecule has 23 heavy (non-hydrogen) atoms. The summed E-state index contributed by atoms with van der Waals surface area (Å²) in [6.07, 6.45) is -3.52. The minimum Gasteiger partial charge on any atom is -0.376 e. The highest BCUT2D eigenvalue weighted by Gasteiger charge is 2.54. The van der Waals surface area contributed by atoms with Crippen molar-refractivity contribution in [3.63, 3.8) is 0 Å². The van der Waals surface area contributed by atoms with Crippen LogP contribution in [0.5, 0.6) is 0 Å². The van der Waals surface area contributed by atoms with Crippen molar-refractivity contribution in [3.05, 3.63) is 52.4 Å². The average Bonchev–Trinajstić information content (AvgIpc) is 2.49. The molecule has 0 radical (unpaired) electrons. The number of aryl methyl sites for hydroxylation is 1. The predicted octanol–water partition coefficient (Wildman–Crippen LogP) is 3.00. The molecule has 124 valence electrons. The fourth-order valence-corrected chi connectivity index (χ4v) is 2.38. The highest BCUT2D eigenvalue weighted by Crippen LogP contribution is 2.42. The summed E-state index contributed by atoms with van der Waals surface area (Å²) in [5.74, 6) is 0. The number of hydrogen-bond acceptors (Lipinski definition) is 3. The van der Waals surface area contributed by atoms with E-state index in [1.54, 1.807) is 6.92 Å². The molecule has 1 heterocycles. The van der Waals surface area contributed by atoms with Gasteiger partial charge in [0.25, 0.3) is 5.56 Å². The molecule has 0 bridgehead atoms. The van der Waals surface area contributed by atoms with Crippen molar-refractivity contribution in [2.75, 3.05) is 0 Å². The van der Waals surface area contributed by atoms with E-state index in [-0.39, 0.29) is 17.5 Å². The summed E-state index contributed by atoms with van der Waals surface area (Å²) in [7, 11) is 1.50. The Hall–Kier alpha value is -2.15. The summed E-state index contributed by atoms with van der Waals surface area (Å²) in [5.41, 5.74) is -2.34. The summed E-state index contributed by atoms with van der Waals surface area (Å²) in [6, 6.07) is 6.70. The van der Waals surface area contributed by atoms with Crippen molar-refractivity contribution in [1.29, 1.82) is 0 Å². The number of benzene rings is 1. The summed E-state index contributed by atoms with van der Waals surface area (Å²) < 4.78 is 40.7. The smallest absolute Gasteiger partial charge is 0.376 e. The quantitative estimate of drug-likeness (QED) is 0.940. The fraction of sp³-hybridized carbons (Fsp3) is 0.375. The first kappa shape index (κ1) is 17.2. The van der Waals surface area contributed by atoms with Crippen molar-refractivity contribution in [2.45, 2.75) is 31.5 Å². The molecule has 1 unspecified atom stereocenters. The molecular weight excluding hydrogens is 309 g/mol. The number of aromatic nitrogens is 2. The van der Waals surface area contributed by atoms with Gasteiger partial charge in [-0.2, -0.15) is 18.3 Å². The van der Waals surface area contributed by atoms with Gasteiger partial charge in [0.15, 0.2) is 5.60 Å². The number of hydrogen-bond donors (Lipinski definition) is 1. The van der Waals surface area contributed by atoms with Crippen LogP contribution >= 0.6 is 0 Å². The SMILES string of the molecule is CCCC(O)(c1ccc(-c2cnn(C)c(=O)c2)cc1)C(F)(F)F. The van der Waals surface area contributed by atoms with Crippen LogP contribution in [0.2, 0.25) is 0 Å². The van der Waals surface area contributed by atoms with E-state index < -0.39 is 18.2 Å². The maximum atomic E-state index is 13.2.